The lowest BCUT2D eigenvalue weighted by atomic mass is 9.95. The zero-order valence-corrected chi connectivity index (χ0v) is 13.7. The largest absolute Gasteiger partial charge is 0.396 e. The van der Waals surface area contributed by atoms with E-state index in [-0.39, 0.29) is 18.4 Å². The first-order valence-electron chi connectivity index (χ1n) is 8.69. The zero-order chi connectivity index (χ0) is 16.1. The van der Waals surface area contributed by atoms with E-state index in [1.54, 1.807) is 11.0 Å². The van der Waals surface area contributed by atoms with Crippen LogP contribution in [0.15, 0.2) is 12.7 Å². The molecule has 0 spiro atoms. The molecule has 2 fully saturated rings. The van der Waals surface area contributed by atoms with Crippen molar-refractivity contribution < 1.29 is 9.90 Å². The molecule has 3 rings (SSSR count). The Bertz CT molecular complexity index is 487. The first-order valence-corrected chi connectivity index (χ1v) is 8.69. The summed E-state index contributed by atoms with van der Waals surface area (Å²) in [4.78, 5) is 20.7. The molecule has 7 nitrogen and oxygen atoms in total. The van der Waals surface area contributed by atoms with Gasteiger partial charge in [0.15, 0.2) is 0 Å². The van der Waals surface area contributed by atoms with Crippen LogP contribution in [-0.2, 0) is 11.3 Å². The number of carbonyl (C=O) groups is 1. The SMILES string of the molecule is O=C(CCn1cncn1)N1C[C@@H](CO)[C@@H](CN2CCCCC2)C1. The van der Waals surface area contributed by atoms with Crippen LogP contribution in [0.5, 0.6) is 0 Å². The predicted octanol–water partition coefficient (Wildman–Crippen LogP) is 0.221. The maximum Gasteiger partial charge on any atom is 0.224 e. The van der Waals surface area contributed by atoms with Gasteiger partial charge in [0.25, 0.3) is 0 Å². The quantitative estimate of drug-likeness (QED) is 0.811. The van der Waals surface area contributed by atoms with Crippen LogP contribution in [0.1, 0.15) is 25.7 Å². The van der Waals surface area contributed by atoms with Crippen LogP contribution < -0.4 is 0 Å². The Balaban J connectivity index is 1.49. The van der Waals surface area contributed by atoms with Gasteiger partial charge in [0.2, 0.25) is 5.91 Å². The molecule has 0 aromatic carbocycles. The zero-order valence-electron chi connectivity index (χ0n) is 13.7. The van der Waals surface area contributed by atoms with Crippen LogP contribution in [0.3, 0.4) is 0 Å². The number of hydrogen-bond acceptors (Lipinski definition) is 5. The highest BCUT2D eigenvalue weighted by molar-refractivity contribution is 5.76. The van der Waals surface area contributed by atoms with E-state index in [0.717, 1.165) is 26.2 Å². The third-order valence-electron chi connectivity index (χ3n) is 5.13. The van der Waals surface area contributed by atoms with Gasteiger partial charge in [-0.2, -0.15) is 5.10 Å². The minimum Gasteiger partial charge on any atom is -0.396 e. The fraction of sp³-hybridized carbons (Fsp3) is 0.812. The number of piperidine rings is 1. The Morgan fingerprint density at radius 2 is 1.96 bits per heavy atom. The van der Waals surface area contributed by atoms with Gasteiger partial charge in [0.1, 0.15) is 12.7 Å². The molecule has 0 saturated carbocycles. The first-order chi connectivity index (χ1) is 11.3. The molecule has 2 saturated heterocycles. The number of aryl methyl sites for hydroxylation is 1. The second kappa shape index (κ2) is 7.88. The molecule has 23 heavy (non-hydrogen) atoms. The van der Waals surface area contributed by atoms with Gasteiger partial charge < -0.3 is 14.9 Å². The molecule has 128 valence electrons. The Morgan fingerprint density at radius 3 is 2.65 bits per heavy atom. The molecule has 2 aliphatic rings. The van der Waals surface area contributed by atoms with Crippen LogP contribution in [0.2, 0.25) is 0 Å². The summed E-state index contributed by atoms with van der Waals surface area (Å²) in [7, 11) is 0. The number of carbonyl (C=O) groups excluding carboxylic acids is 1. The standard InChI is InChI=1S/C16H27N5O2/c22-11-15-10-20(16(23)4-7-21-13-17-12-18-21)9-14(15)8-19-5-2-1-3-6-19/h12-15,22H,1-11H2/t14-,15-/m0/s1. The van der Waals surface area contributed by atoms with Crippen molar-refractivity contribution in [1.29, 1.82) is 0 Å². The molecule has 0 unspecified atom stereocenters. The lowest BCUT2D eigenvalue weighted by molar-refractivity contribution is -0.130. The number of hydrogen-bond donors (Lipinski definition) is 1. The summed E-state index contributed by atoms with van der Waals surface area (Å²) in [5, 5.41) is 13.7. The van der Waals surface area contributed by atoms with Gasteiger partial charge in [-0.05, 0) is 31.8 Å². The second-order valence-corrected chi connectivity index (χ2v) is 6.77. The van der Waals surface area contributed by atoms with E-state index in [0.29, 0.717) is 25.4 Å². The van der Waals surface area contributed by atoms with Crippen LogP contribution >= 0.6 is 0 Å². The van der Waals surface area contributed by atoms with E-state index in [1.165, 1.54) is 25.6 Å². The summed E-state index contributed by atoms with van der Waals surface area (Å²) in [6, 6.07) is 0. The van der Waals surface area contributed by atoms with E-state index in [2.05, 4.69) is 15.0 Å². The fourth-order valence-corrected chi connectivity index (χ4v) is 3.75. The maximum absolute atomic E-state index is 12.4. The molecule has 2 atom stereocenters. The van der Waals surface area contributed by atoms with Crippen LogP contribution in [0, 0.1) is 11.8 Å². The Morgan fingerprint density at radius 1 is 1.17 bits per heavy atom. The summed E-state index contributed by atoms with van der Waals surface area (Å²) in [6.45, 7) is 5.53. The smallest absolute Gasteiger partial charge is 0.224 e. The maximum atomic E-state index is 12.4. The van der Waals surface area contributed by atoms with E-state index < -0.39 is 0 Å². The molecule has 1 aromatic heterocycles. The molecular weight excluding hydrogens is 294 g/mol. The molecule has 0 aliphatic carbocycles. The van der Waals surface area contributed by atoms with E-state index >= 15 is 0 Å². The summed E-state index contributed by atoms with van der Waals surface area (Å²) in [5.41, 5.74) is 0. The van der Waals surface area contributed by atoms with Gasteiger partial charge in [0.05, 0.1) is 6.54 Å². The Labute approximate surface area is 137 Å². The average molecular weight is 321 g/mol. The highest BCUT2D eigenvalue weighted by Crippen LogP contribution is 2.26. The van der Waals surface area contributed by atoms with Crippen molar-refractivity contribution in [1.82, 2.24) is 24.6 Å². The van der Waals surface area contributed by atoms with Crippen molar-refractivity contribution in [3.63, 3.8) is 0 Å². The summed E-state index contributed by atoms with van der Waals surface area (Å²) in [6.07, 6.45) is 7.44. The van der Waals surface area contributed by atoms with Crippen molar-refractivity contribution in [3.05, 3.63) is 12.7 Å². The minimum absolute atomic E-state index is 0.153. The van der Waals surface area contributed by atoms with Crippen molar-refractivity contribution in [2.24, 2.45) is 11.8 Å². The van der Waals surface area contributed by atoms with Crippen molar-refractivity contribution in [3.8, 4) is 0 Å². The summed E-state index contributed by atoms with van der Waals surface area (Å²) in [5.74, 6) is 0.765. The van der Waals surface area contributed by atoms with Crippen molar-refractivity contribution in [2.75, 3.05) is 39.3 Å². The predicted molar refractivity (Wildman–Crippen MR) is 85.6 cm³/mol. The lowest BCUT2D eigenvalue weighted by Gasteiger charge is -2.30. The highest BCUT2D eigenvalue weighted by Gasteiger charge is 2.35. The molecule has 1 N–H and O–H groups in total. The number of likely N-dealkylation sites (tertiary alicyclic amines) is 2. The third kappa shape index (κ3) is 4.29. The molecule has 1 aromatic rings. The number of rotatable bonds is 6. The van der Waals surface area contributed by atoms with Crippen molar-refractivity contribution in [2.45, 2.75) is 32.2 Å². The topological polar surface area (TPSA) is 74.5 Å². The molecular formula is C16H27N5O2. The van der Waals surface area contributed by atoms with Gasteiger partial charge in [-0.1, -0.05) is 6.42 Å². The second-order valence-electron chi connectivity index (χ2n) is 6.77. The lowest BCUT2D eigenvalue weighted by Crippen LogP contribution is -2.37. The number of aromatic nitrogens is 3. The minimum atomic E-state index is 0.153. The molecule has 0 radical (unpaired) electrons. The number of nitrogens with zero attached hydrogens (tertiary/aromatic N) is 5. The monoisotopic (exact) mass is 321 g/mol. The average Bonchev–Trinajstić information content (AvgIpc) is 3.23. The van der Waals surface area contributed by atoms with Gasteiger partial charge in [-0.15, -0.1) is 0 Å². The summed E-state index contributed by atoms with van der Waals surface area (Å²) >= 11 is 0. The van der Waals surface area contributed by atoms with Gasteiger partial charge in [-0.25, -0.2) is 4.98 Å². The van der Waals surface area contributed by atoms with Crippen molar-refractivity contribution >= 4 is 5.91 Å². The van der Waals surface area contributed by atoms with Gasteiger partial charge in [0, 0.05) is 38.6 Å². The molecule has 7 heteroatoms. The molecule has 0 bridgehead atoms. The number of amides is 1. The van der Waals surface area contributed by atoms with E-state index in [1.807, 2.05) is 4.90 Å². The van der Waals surface area contributed by atoms with E-state index in [9.17, 15) is 9.90 Å². The molecule has 1 amide bonds. The third-order valence-corrected chi connectivity index (χ3v) is 5.13. The number of aliphatic hydroxyl groups is 1. The van der Waals surface area contributed by atoms with Gasteiger partial charge in [-0.3, -0.25) is 9.48 Å². The van der Waals surface area contributed by atoms with Crippen LogP contribution in [0.4, 0.5) is 0 Å². The highest BCUT2D eigenvalue weighted by atomic mass is 16.3. The van der Waals surface area contributed by atoms with Crippen LogP contribution in [-0.4, -0.2) is 74.9 Å². The normalized spacial score (nSPS) is 25.9. The molecule has 3 heterocycles. The molecule has 2 aliphatic heterocycles. The first kappa shape index (κ1) is 16.4. The van der Waals surface area contributed by atoms with Gasteiger partial charge >= 0.3 is 0 Å². The summed E-state index contributed by atoms with van der Waals surface area (Å²) < 4.78 is 1.68. The Kier molecular flexibility index (Phi) is 5.61. The number of aliphatic hydroxyl groups excluding tert-OH is 1. The van der Waals surface area contributed by atoms with E-state index in [4.69, 9.17) is 0 Å². The van der Waals surface area contributed by atoms with Crippen LogP contribution in [0.25, 0.3) is 0 Å². The fourth-order valence-electron chi connectivity index (χ4n) is 3.75. The Hall–Kier alpha value is -1.47.